The molecule has 74 valence electrons. The zero-order valence-corrected chi connectivity index (χ0v) is 6.91. The maximum Gasteiger partial charge on any atom is 0.390 e. The molecule has 7 heteroatoms. The standard InChI is InChI=1S/C6H9F3N4/c1-13-11-3-5(12-13)4(10)2-6(7,8)9/h3-4H,2,10H2,1H3. The fraction of sp³-hybridized carbons (Fsp3) is 0.667. The first-order valence-electron chi connectivity index (χ1n) is 3.57. The van der Waals surface area contributed by atoms with Gasteiger partial charge in [0.15, 0.2) is 0 Å². The molecule has 0 radical (unpaired) electrons. The first kappa shape index (κ1) is 9.97. The van der Waals surface area contributed by atoms with Crippen LogP contribution in [0.2, 0.25) is 0 Å². The van der Waals surface area contributed by atoms with E-state index in [1.54, 1.807) is 0 Å². The Hall–Kier alpha value is -1.11. The zero-order chi connectivity index (χ0) is 10.1. The van der Waals surface area contributed by atoms with Crippen LogP contribution in [0.25, 0.3) is 0 Å². The molecule has 1 heterocycles. The molecule has 0 spiro atoms. The second-order valence-electron chi connectivity index (χ2n) is 2.68. The fourth-order valence-electron chi connectivity index (χ4n) is 0.885. The maximum atomic E-state index is 11.9. The van der Waals surface area contributed by atoms with Crippen molar-refractivity contribution in [2.24, 2.45) is 12.8 Å². The molecule has 1 rings (SSSR count). The number of aryl methyl sites for hydroxylation is 1. The molecule has 0 saturated carbocycles. The third kappa shape index (κ3) is 3.02. The smallest absolute Gasteiger partial charge is 0.322 e. The minimum absolute atomic E-state index is 0.153. The molecule has 2 N–H and O–H groups in total. The van der Waals surface area contributed by atoms with Gasteiger partial charge in [-0.3, -0.25) is 0 Å². The average molecular weight is 194 g/mol. The molecular formula is C6H9F3N4. The fourth-order valence-corrected chi connectivity index (χ4v) is 0.885. The lowest BCUT2D eigenvalue weighted by molar-refractivity contribution is -0.138. The summed E-state index contributed by atoms with van der Waals surface area (Å²) < 4.78 is 35.6. The average Bonchev–Trinajstić information content (AvgIpc) is 2.31. The zero-order valence-electron chi connectivity index (χ0n) is 6.91. The van der Waals surface area contributed by atoms with Gasteiger partial charge in [-0.2, -0.15) is 28.2 Å². The van der Waals surface area contributed by atoms with Crippen LogP contribution in [-0.4, -0.2) is 21.2 Å². The maximum absolute atomic E-state index is 11.9. The van der Waals surface area contributed by atoms with Crippen LogP contribution >= 0.6 is 0 Å². The van der Waals surface area contributed by atoms with Gasteiger partial charge in [-0.05, 0) is 0 Å². The molecule has 0 bridgehead atoms. The highest BCUT2D eigenvalue weighted by Gasteiger charge is 2.31. The molecule has 0 saturated heterocycles. The number of hydrogen-bond donors (Lipinski definition) is 1. The summed E-state index contributed by atoms with van der Waals surface area (Å²) in [5, 5.41) is 7.30. The molecule has 0 aliphatic heterocycles. The van der Waals surface area contributed by atoms with E-state index in [-0.39, 0.29) is 5.69 Å². The van der Waals surface area contributed by atoms with Gasteiger partial charge in [0.1, 0.15) is 0 Å². The number of halogens is 3. The lowest BCUT2D eigenvalue weighted by Gasteiger charge is -2.10. The van der Waals surface area contributed by atoms with E-state index in [0.717, 1.165) is 0 Å². The topological polar surface area (TPSA) is 56.7 Å². The van der Waals surface area contributed by atoms with Crippen LogP contribution < -0.4 is 5.73 Å². The monoisotopic (exact) mass is 194 g/mol. The largest absolute Gasteiger partial charge is 0.390 e. The van der Waals surface area contributed by atoms with E-state index in [1.165, 1.54) is 18.0 Å². The van der Waals surface area contributed by atoms with Crippen molar-refractivity contribution in [1.82, 2.24) is 15.0 Å². The Bertz CT molecular complexity index is 280. The van der Waals surface area contributed by atoms with Gasteiger partial charge in [0.25, 0.3) is 0 Å². The lowest BCUT2D eigenvalue weighted by Crippen LogP contribution is -2.20. The number of nitrogens with two attached hydrogens (primary N) is 1. The van der Waals surface area contributed by atoms with Gasteiger partial charge < -0.3 is 5.73 Å². The van der Waals surface area contributed by atoms with Gasteiger partial charge in [-0.15, -0.1) is 0 Å². The molecule has 13 heavy (non-hydrogen) atoms. The summed E-state index contributed by atoms with van der Waals surface area (Å²) >= 11 is 0. The summed E-state index contributed by atoms with van der Waals surface area (Å²) in [4.78, 5) is 1.17. The van der Waals surface area contributed by atoms with Crippen molar-refractivity contribution < 1.29 is 13.2 Å². The van der Waals surface area contributed by atoms with Crippen LogP contribution in [0.4, 0.5) is 13.2 Å². The Morgan fingerprint density at radius 1 is 1.62 bits per heavy atom. The van der Waals surface area contributed by atoms with Crippen LogP contribution in [0.1, 0.15) is 18.2 Å². The number of rotatable bonds is 2. The number of nitrogens with zero attached hydrogens (tertiary/aromatic N) is 3. The van der Waals surface area contributed by atoms with E-state index in [9.17, 15) is 13.2 Å². The Morgan fingerprint density at radius 2 is 2.23 bits per heavy atom. The molecule has 0 amide bonds. The van der Waals surface area contributed by atoms with Crippen LogP contribution in [0.5, 0.6) is 0 Å². The van der Waals surface area contributed by atoms with Crippen molar-refractivity contribution in [3.05, 3.63) is 11.9 Å². The molecule has 0 aromatic carbocycles. The van der Waals surface area contributed by atoms with Crippen LogP contribution in [-0.2, 0) is 7.05 Å². The van der Waals surface area contributed by atoms with Crippen molar-refractivity contribution in [3.8, 4) is 0 Å². The Balaban J connectivity index is 2.64. The van der Waals surface area contributed by atoms with Gasteiger partial charge in [-0.1, -0.05) is 0 Å². The van der Waals surface area contributed by atoms with Crippen molar-refractivity contribution in [2.45, 2.75) is 18.6 Å². The lowest BCUT2D eigenvalue weighted by atomic mass is 10.1. The molecule has 1 aromatic rings. The van der Waals surface area contributed by atoms with Crippen molar-refractivity contribution in [3.63, 3.8) is 0 Å². The molecule has 1 unspecified atom stereocenters. The van der Waals surface area contributed by atoms with Crippen LogP contribution in [0, 0.1) is 0 Å². The van der Waals surface area contributed by atoms with Crippen LogP contribution in [0.3, 0.4) is 0 Å². The molecular weight excluding hydrogens is 185 g/mol. The summed E-state index contributed by atoms with van der Waals surface area (Å²) in [7, 11) is 1.52. The number of hydrogen-bond acceptors (Lipinski definition) is 3. The van der Waals surface area contributed by atoms with E-state index >= 15 is 0 Å². The minimum Gasteiger partial charge on any atom is -0.322 e. The van der Waals surface area contributed by atoms with Gasteiger partial charge in [0, 0.05) is 7.05 Å². The summed E-state index contributed by atoms with van der Waals surface area (Å²) in [6.07, 6.45) is -4.11. The highest BCUT2D eigenvalue weighted by atomic mass is 19.4. The second-order valence-corrected chi connectivity index (χ2v) is 2.68. The van der Waals surface area contributed by atoms with E-state index < -0.39 is 18.6 Å². The first-order valence-corrected chi connectivity index (χ1v) is 3.57. The summed E-state index contributed by atoms with van der Waals surface area (Å²) in [6.45, 7) is 0. The Morgan fingerprint density at radius 3 is 2.62 bits per heavy atom. The molecule has 0 aliphatic rings. The third-order valence-electron chi connectivity index (χ3n) is 1.45. The Labute approximate surface area is 72.5 Å². The minimum atomic E-state index is -4.27. The second kappa shape index (κ2) is 3.33. The molecule has 0 aliphatic carbocycles. The first-order chi connectivity index (χ1) is 5.88. The van der Waals surface area contributed by atoms with Crippen molar-refractivity contribution in [2.75, 3.05) is 0 Å². The van der Waals surface area contributed by atoms with Gasteiger partial charge in [0.2, 0.25) is 0 Å². The molecule has 1 aromatic heterocycles. The normalized spacial score (nSPS) is 14.5. The molecule has 0 fully saturated rings. The van der Waals surface area contributed by atoms with Gasteiger partial charge in [0.05, 0.1) is 24.4 Å². The number of alkyl halides is 3. The summed E-state index contributed by atoms with van der Waals surface area (Å²) in [6, 6.07) is -1.13. The van der Waals surface area contributed by atoms with Crippen molar-refractivity contribution in [1.29, 1.82) is 0 Å². The van der Waals surface area contributed by atoms with Gasteiger partial charge in [-0.25, -0.2) is 0 Å². The van der Waals surface area contributed by atoms with Crippen molar-refractivity contribution >= 4 is 0 Å². The summed E-state index contributed by atoms with van der Waals surface area (Å²) in [5.74, 6) is 0. The SMILES string of the molecule is Cn1ncc(C(N)CC(F)(F)F)n1. The van der Waals surface area contributed by atoms with E-state index in [4.69, 9.17) is 5.73 Å². The van der Waals surface area contributed by atoms with E-state index in [0.29, 0.717) is 0 Å². The number of aromatic nitrogens is 3. The molecule has 1 atom stereocenters. The summed E-state index contributed by atoms with van der Waals surface area (Å²) in [5.41, 5.74) is 5.41. The predicted molar refractivity (Wildman–Crippen MR) is 38.6 cm³/mol. The quantitative estimate of drug-likeness (QED) is 0.756. The third-order valence-corrected chi connectivity index (χ3v) is 1.45. The van der Waals surface area contributed by atoms with E-state index in [2.05, 4.69) is 10.2 Å². The van der Waals surface area contributed by atoms with Gasteiger partial charge >= 0.3 is 6.18 Å². The highest BCUT2D eigenvalue weighted by Crippen LogP contribution is 2.26. The van der Waals surface area contributed by atoms with Crippen LogP contribution in [0.15, 0.2) is 6.20 Å². The molecule has 4 nitrogen and oxygen atoms in total. The highest BCUT2D eigenvalue weighted by molar-refractivity contribution is 4.99. The predicted octanol–water partition coefficient (Wildman–Crippen LogP) is 0.767. The van der Waals surface area contributed by atoms with E-state index in [1.807, 2.05) is 0 Å². The Kier molecular flexibility index (Phi) is 2.55.